The fourth-order valence-corrected chi connectivity index (χ4v) is 1.90. The number of hydrogen-bond acceptors (Lipinski definition) is 3. The molecule has 1 atom stereocenters. The largest absolute Gasteiger partial charge is 0.457 e. The number of halogens is 3. The molecular weight excluding hydrogens is 336 g/mol. The monoisotopic (exact) mass is 345 g/mol. The molecule has 2 N–H and O–H groups in total. The first kappa shape index (κ1) is 14.7. The smallest absolute Gasteiger partial charge is 0.254 e. The van der Waals surface area contributed by atoms with Gasteiger partial charge in [-0.25, -0.2) is 8.78 Å². The van der Waals surface area contributed by atoms with Gasteiger partial charge in [-0.3, -0.25) is 4.79 Å². The molecule has 2 rings (SSSR count). The summed E-state index contributed by atoms with van der Waals surface area (Å²) in [6, 6.07) is 4.53. The van der Waals surface area contributed by atoms with Crippen molar-refractivity contribution in [2.24, 2.45) is 0 Å². The average Bonchev–Trinajstić information content (AvgIpc) is 2.85. The predicted octanol–water partition coefficient (Wildman–Crippen LogP) is 2.78. The Morgan fingerprint density at radius 1 is 1.35 bits per heavy atom. The van der Waals surface area contributed by atoms with Crippen LogP contribution in [0.2, 0.25) is 0 Å². The van der Waals surface area contributed by atoms with Crippen LogP contribution in [0.1, 0.15) is 22.0 Å². The minimum absolute atomic E-state index is 0.132. The normalized spacial score (nSPS) is 12.2. The zero-order valence-corrected chi connectivity index (χ0v) is 11.7. The second-order valence-corrected chi connectivity index (χ2v) is 4.82. The number of hydrogen-bond donors (Lipinski definition) is 2. The molecule has 1 unspecified atom stereocenters. The first-order valence-corrected chi connectivity index (χ1v) is 6.42. The number of benzene rings is 1. The van der Waals surface area contributed by atoms with Gasteiger partial charge in [-0.2, -0.15) is 0 Å². The highest BCUT2D eigenvalue weighted by Crippen LogP contribution is 2.17. The van der Waals surface area contributed by atoms with Crippen LogP contribution in [0.4, 0.5) is 8.78 Å². The van der Waals surface area contributed by atoms with Crippen molar-refractivity contribution in [3.63, 3.8) is 0 Å². The van der Waals surface area contributed by atoms with E-state index >= 15 is 0 Å². The van der Waals surface area contributed by atoms with Crippen molar-refractivity contribution in [1.82, 2.24) is 5.32 Å². The van der Waals surface area contributed by atoms with E-state index in [0.29, 0.717) is 4.67 Å². The Morgan fingerprint density at radius 3 is 2.70 bits per heavy atom. The Kier molecular flexibility index (Phi) is 4.51. The second kappa shape index (κ2) is 6.15. The van der Waals surface area contributed by atoms with Gasteiger partial charge in [0.2, 0.25) is 0 Å². The van der Waals surface area contributed by atoms with Crippen molar-refractivity contribution < 1.29 is 23.1 Å². The SMILES string of the molecule is O=C(NCC(O)c1ccc(F)c(F)c1)c1coc(Br)c1. The molecule has 2 aromatic rings. The van der Waals surface area contributed by atoms with Gasteiger partial charge in [0.15, 0.2) is 16.3 Å². The molecule has 0 aliphatic heterocycles. The lowest BCUT2D eigenvalue weighted by Crippen LogP contribution is -2.28. The lowest BCUT2D eigenvalue weighted by Gasteiger charge is -2.12. The van der Waals surface area contributed by atoms with Crippen LogP contribution >= 0.6 is 15.9 Å². The molecule has 1 amide bonds. The maximum absolute atomic E-state index is 13.0. The van der Waals surface area contributed by atoms with Crippen LogP contribution in [0.15, 0.2) is 39.6 Å². The number of furan rings is 1. The second-order valence-electron chi connectivity index (χ2n) is 4.04. The third-order valence-electron chi connectivity index (χ3n) is 2.61. The molecule has 106 valence electrons. The van der Waals surface area contributed by atoms with E-state index in [2.05, 4.69) is 21.2 Å². The molecule has 0 radical (unpaired) electrons. The third kappa shape index (κ3) is 3.43. The molecule has 4 nitrogen and oxygen atoms in total. The molecule has 7 heteroatoms. The van der Waals surface area contributed by atoms with Gasteiger partial charge in [0.1, 0.15) is 6.26 Å². The maximum atomic E-state index is 13.0. The number of nitrogens with one attached hydrogen (secondary N) is 1. The third-order valence-corrected chi connectivity index (χ3v) is 3.03. The summed E-state index contributed by atoms with van der Waals surface area (Å²) in [5.41, 5.74) is 0.465. The zero-order chi connectivity index (χ0) is 14.7. The fraction of sp³-hybridized carbons (Fsp3) is 0.154. The summed E-state index contributed by atoms with van der Waals surface area (Å²) in [5, 5.41) is 12.3. The lowest BCUT2D eigenvalue weighted by atomic mass is 10.1. The number of carbonyl (C=O) groups is 1. The average molecular weight is 346 g/mol. The molecule has 0 aliphatic rings. The maximum Gasteiger partial charge on any atom is 0.254 e. The molecule has 0 spiro atoms. The molecule has 0 saturated carbocycles. The van der Waals surface area contributed by atoms with E-state index in [0.717, 1.165) is 12.1 Å². The Bertz CT molecular complexity index is 630. The van der Waals surface area contributed by atoms with Crippen LogP contribution in [0.25, 0.3) is 0 Å². The number of carbonyl (C=O) groups excluding carboxylic acids is 1. The molecule has 0 fully saturated rings. The van der Waals surface area contributed by atoms with Gasteiger partial charge in [-0.15, -0.1) is 0 Å². The van der Waals surface area contributed by atoms with E-state index < -0.39 is 23.6 Å². The summed E-state index contributed by atoms with van der Waals surface area (Å²) >= 11 is 3.06. The van der Waals surface area contributed by atoms with E-state index in [1.807, 2.05) is 0 Å². The Labute approximate surface area is 121 Å². The van der Waals surface area contributed by atoms with Gasteiger partial charge in [-0.05, 0) is 33.6 Å². The van der Waals surface area contributed by atoms with Crippen LogP contribution in [-0.4, -0.2) is 17.6 Å². The Hall–Kier alpha value is -1.73. The van der Waals surface area contributed by atoms with Crippen molar-refractivity contribution in [3.05, 3.63) is 58.0 Å². The number of aliphatic hydroxyl groups excluding tert-OH is 1. The molecular formula is C13H10BrF2NO3. The van der Waals surface area contributed by atoms with Crippen LogP contribution < -0.4 is 5.32 Å². The van der Waals surface area contributed by atoms with E-state index in [1.165, 1.54) is 18.4 Å². The predicted molar refractivity (Wildman–Crippen MR) is 70.1 cm³/mol. The first-order valence-electron chi connectivity index (χ1n) is 5.62. The minimum atomic E-state index is -1.13. The molecule has 0 bridgehead atoms. The summed E-state index contributed by atoms with van der Waals surface area (Å²) in [6.45, 7) is -0.132. The van der Waals surface area contributed by atoms with E-state index in [4.69, 9.17) is 4.42 Å². The topological polar surface area (TPSA) is 62.5 Å². The van der Waals surface area contributed by atoms with Crippen LogP contribution in [0.3, 0.4) is 0 Å². The highest BCUT2D eigenvalue weighted by atomic mass is 79.9. The molecule has 1 heterocycles. The summed E-state index contributed by atoms with van der Waals surface area (Å²) < 4.78 is 31.1. The van der Waals surface area contributed by atoms with Gasteiger partial charge in [0.25, 0.3) is 5.91 Å². The zero-order valence-electron chi connectivity index (χ0n) is 10.1. The summed E-state index contributed by atoms with van der Waals surface area (Å²) in [6.07, 6.45) is 0.119. The fourth-order valence-electron chi connectivity index (χ4n) is 1.56. The molecule has 1 aromatic heterocycles. The summed E-state index contributed by atoms with van der Waals surface area (Å²) in [4.78, 5) is 11.7. The van der Waals surface area contributed by atoms with Crippen molar-refractivity contribution in [2.45, 2.75) is 6.10 Å². The van der Waals surface area contributed by atoms with Crippen molar-refractivity contribution in [3.8, 4) is 0 Å². The van der Waals surface area contributed by atoms with Gasteiger partial charge in [-0.1, -0.05) is 6.07 Å². The Morgan fingerprint density at radius 2 is 2.10 bits per heavy atom. The van der Waals surface area contributed by atoms with Gasteiger partial charge < -0.3 is 14.8 Å². The molecule has 1 aromatic carbocycles. The Balaban J connectivity index is 1.96. The number of aliphatic hydroxyl groups is 1. The number of amides is 1. The number of rotatable bonds is 4. The summed E-state index contributed by atoms with van der Waals surface area (Å²) in [7, 11) is 0. The van der Waals surface area contributed by atoms with Gasteiger partial charge >= 0.3 is 0 Å². The molecule has 0 aliphatic carbocycles. The van der Waals surface area contributed by atoms with Gasteiger partial charge in [0, 0.05) is 12.6 Å². The minimum Gasteiger partial charge on any atom is -0.457 e. The van der Waals surface area contributed by atoms with Crippen LogP contribution in [0.5, 0.6) is 0 Å². The van der Waals surface area contributed by atoms with E-state index in [-0.39, 0.29) is 17.7 Å². The lowest BCUT2D eigenvalue weighted by molar-refractivity contribution is 0.0915. The quantitative estimate of drug-likeness (QED) is 0.895. The summed E-state index contributed by atoms with van der Waals surface area (Å²) in [5.74, 6) is -2.49. The van der Waals surface area contributed by atoms with Crippen molar-refractivity contribution >= 4 is 21.8 Å². The van der Waals surface area contributed by atoms with Gasteiger partial charge in [0.05, 0.1) is 11.7 Å². The highest BCUT2D eigenvalue weighted by Gasteiger charge is 2.14. The van der Waals surface area contributed by atoms with E-state index in [9.17, 15) is 18.7 Å². The molecule has 0 saturated heterocycles. The van der Waals surface area contributed by atoms with E-state index in [1.54, 1.807) is 0 Å². The standard InChI is InChI=1S/C13H10BrF2NO3/c14-12-4-8(6-20-12)13(19)17-5-11(18)7-1-2-9(15)10(16)3-7/h1-4,6,11,18H,5H2,(H,17,19). The van der Waals surface area contributed by atoms with Crippen LogP contribution in [0, 0.1) is 11.6 Å². The van der Waals surface area contributed by atoms with Crippen molar-refractivity contribution in [1.29, 1.82) is 0 Å². The van der Waals surface area contributed by atoms with Crippen molar-refractivity contribution in [2.75, 3.05) is 6.54 Å². The first-order chi connectivity index (χ1) is 9.47. The highest BCUT2D eigenvalue weighted by molar-refractivity contribution is 9.10. The van der Waals surface area contributed by atoms with Crippen LogP contribution in [-0.2, 0) is 0 Å². The molecule has 20 heavy (non-hydrogen) atoms.